The number of amides is 2. The van der Waals surface area contributed by atoms with E-state index in [1.54, 1.807) is 22.3 Å². The molecule has 7 heteroatoms. The van der Waals surface area contributed by atoms with Gasteiger partial charge in [-0.15, -0.1) is 0 Å². The van der Waals surface area contributed by atoms with Gasteiger partial charge >= 0.3 is 0 Å². The van der Waals surface area contributed by atoms with E-state index < -0.39 is 0 Å². The van der Waals surface area contributed by atoms with E-state index in [-0.39, 0.29) is 23.8 Å². The molecule has 3 heterocycles. The molecule has 1 aliphatic heterocycles. The van der Waals surface area contributed by atoms with E-state index in [9.17, 15) is 9.59 Å². The van der Waals surface area contributed by atoms with Crippen LogP contribution >= 0.6 is 22.9 Å². The Balaban J connectivity index is 1.41. The molecule has 4 rings (SSSR count). The Bertz CT molecular complexity index is 947. The smallest absolute Gasteiger partial charge is 0.257 e. The van der Waals surface area contributed by atoms with Gasteiger partial charge in [-0.2, -0.15) is 11.3 Å². The zero-order valence-corrected chi connectivity index (χ0v) is 17.3. The highest BCUT2D eigenvalue weighted by atomic mass is 35.5. The zero-order valence-electron chi connectivity index (χ0n) is 15.7. The van der Waals surface area contributed by atoms with Gasteiger partial charge in [0.2, 0.25) is 5.91 Å². The van der Waals surface area contributed by atoms with Crippen LogP contribution in [0.1, 0.15) is 40.4 Å². The van der Waals surface area contributed by atoms with Crippen LogP contribution < -0.4 is 5.32 Å². The summed E-state index contributed by atoms with van der Waals surface area (Å²) >= 11 is 7.62. The number of halogens is 1. The Morgan fingerprint density at radius 1 is 1.10 bits per heavy atom. The van der Waals surface area contributed by atoms with Gasteiger partial charge in [-0.25, -0.2) is 0 Å². The number of rotatable bonds is 5. The van der Waals surface area contributed by atoms with E-state index in [1.807, 2.05) is 41.1 Å². The van der Waals surface area contributed by atoms with Gasteiger partial charge in [0, 0.05) is 24.0 Å². The van der Waals surface area contributed by atoms with Gasteiger partial charge in [-0.3, -0.25) is 9.59 Å². The number of likely N-dealkylation sites (tertiary alicyclic amines) is 1. The van der Waals surface area contributed by atoms with Crippen LogP contribution in [0.2, 0.25) is 5.02 Å². The third-order valence-corrected chi connectivity index (χ3v) is 6.24. The molecule has 150 valence electrons. The number of hydrogen-bond donors (Lipinski definition) is 1. The van der Waals surface area contributed by atoms with E-state index >= 15 is 0 Å². The Labute approximate surface area is 178 Å². The first-order valence-corrected chi connectivity index (χ1v) is 10.8. The summed E-state index contributed by atoms with van der Waals surface area (Å²) in [6.07, 6.45) is 4.24. The van der Waals surface area contributed by atoms with Gasteiger partial charge in [-0.1, -0.05) is 23.7 Å². The van der Waals surface area contributed by atoms with Gasteiger partial charge in [0.15, 0.2) is 0 Å². The Morgan fingerprint density at radius 3 is 2.48 bits per heavy atom. The van der Waals surface area contributed by atoms with Gasteiger partial charge in [-0.05, 0) is 59.0 Å². The Morgan fingerprint density at radius 2 is 1.86 bits per heavy atom. The molecule has 3 aromatic rings. The highest BCUT2D eigenvalue weighted by Crippen LogP contribution is 2.27. The van der Waals surface area contributed by atoms with Crippen molar-refractivity contribution in [2.24, 2.45) is 5.92 Å². The zero-order chi connectivity index (χ0) is 20.2. The van der Waals surface area contributed by atoms with Crippen LogP contribution in [0.4, 0.5) is 0 Å². The van der Waals surface area contributed by atoms with Gasteiger partial charge in [0.25, 0.3) is 5.91 Å². The third-order valence-electron chi connectivity index (χ3n) is 5.29. The molecule has 1 atom stereocenters. The fourth-order valence-corrected chi connectivity index (χ4v) is 4.44. The molecule has 0 bridgehead atoms. The molecule has 0 radical (unpaired) electrons. The molecular formula is C22H21ClN2O3S. The minimum Gasteiger partial charge on any atom is -0.472 e. The maximum absolute atomic E-state index is 13.0. The van der Waals surface area contributed by atoms with Crippen molar-refractivity contribution < 1.29 is 14.0 Å². The maximum Gasteiger partial charge on any atom is 0.257 e. The number of nitrogens with zero attached hydrogens (tertiary/aromatic N) is 1. The number of nitrogens with one attached hydrogen (secondary N) is 1. The van der Waals surface area contributed by atoms with Crippen molar-refractivity contribution in [3.8, 4) is 0 Å². The van der Waals surface area contributed by atoms with Crippen molar-refractivity contribution in [3.05, 3.63) is 81.4 Å². The minimum atomic E-state index is -0.211. The molecule has 1 unspecified atom stereocenters. The summed E-state index contributed by atoms with van der Waals surface area (Å²) in [4.78, 5) is 27.2. The first kappa shape index (κ1) is 19.7. The molecule has 1 saturated heterocycles. The molecular weight excluding hydrogens is 408 g/mol. The molecule has 2 amide bonds. The van der Waals surface area contributed by atoms with Crippen molar-refractivity contribution in [1.82, 2.24) is 10.2 Å². The second-order valence-electron chi connectivity index (χ2n) is 7.13. The quantitative estimate of drug-likeness (QED) is 0.637. The lowest BCUT2D eigenvalue weighted by Crippen LogP contribution is -2.43. The summed E-state index contributed by atoms with van der Waals surface area (Å²) in [5.74, 6) is -0.140. The van der Waals surface area contributed by atoms with Crippen molar-refractivity contribution in [1.29, 1.82) is 0 Å². The lowest BCUT2D eigenvalue weighted by atomic mass is 9.93. The fourth-order valence-electron chi connectivity index (χ4n) is 3.63. The summed E-state index contributed by atoms with van der Waals surface area (Å²) < 4.78 is 5.00. The van der Waals surface area contributed by atoms with Crippen molar-refractivity contribution in [2.45, 2.75) is 18.9 Å². The molecule has 1 N–H and O–H groups in total. The highest BCUT2D eigenvalue weighted by Gasteiger charge is 2.30. The summed E-state index contributed by atoms with van der Waals surface area (Å²) in [5.41, 5.74) is 2.60. The van der Waals surface area contributed by atoms with E-state index in [0.29, 0.717) is 36.5 Å². The largest absolute Gasteiger partial charge is 0.472 e. The topological polar surface area (TPSA) is 62.6 Å². The number of piperidine rings is 1. The molecule has 0 spiro atoms. The lowest BCUT2D eigenvalue weighted by Gasteiger charge is -2.32. The van der Waals surface area contributed by atoms with Crippen molar-refractivity contribution in [3.63, 3.8) is 0 Å². The molecule has 1 aromatic carbocycles. The van der Waals surface area contributed by atoms with Crippen LogP contribution in [0, 0.1) is 5.92 Å². The van der Waals surface area contributed by atoms with E-state index in [2.05, 4.69) is 5.32 Å². The lowest BCUT2D eigenvalue weighted by molar-refractivity contribution is -0.126. The van der Waals surface area contributed by atoms with Gasteiger partial charge < -0.3 is 14.6 Å². The highest BCUT2D eigenvalue weighted by molar-refractivity contribution is 7.08. The van der Waals surface area contributed by atoms with E-state index in [4.69, 9.17) is 16.0 Å². The molecule has 29 heavy (non-hydrogen) atoms. The monoisotopic (exact) mass is 428 g/mol. The average Bonchev–Trinajstić information content (AvgIpc) is 3.46. The number of carbonyl (C=O) groups excluding carboxylic acids is 2. The van der Waals surface area contributed by atoms with Crippen LogP contribution in [0.25, 0.3) is 0 Å². The summed E-state index contributed by atoms with van der Waals surface area (Å²) in [6.45, 7) is 1.12. The van der Waals surface area contributed by atoms with Gasteiger partial charge in [0.05, 0.1) is 17.9 Å². The number of carbonyl (C=O) groups is 2. The van der Waals surface area contributed by atoms with E-state index in [0.717, 1.165) is 11.1 Å². The molecule has 5 nitrogen and oxygen atoms in total. The predicted molar refractivity (Wildman–Crippen MR) is 113 cm³/mol. The Kier molecular flexibility index (Phi) is 6.02. The van der Waals surface area contributed by atoms with Crippen LogP contribution in [0.5, 0.6) is 0 Å². The van der Waals surface area contributed by atoms with Gasteiger partial charge in [0.1, 0.15) is 6.26 Å². The number of thiophene rings is 1. The molecule has 1 fully saturated rings. The number of hydrogen-bond acceptors (Lipinski definition) is 4. The van der Waals surface area contributed by atoms with E-state index in [1.165, 1.54) is 12.5 Å². The van der Waals surface area contributed by atoms with Crippen LogP contribution in [0.3, 0.4) is 0 Å². The third kappa shape index (κ3) is 4.54. The molecule has 1 aliphatic rings. The first-order valence-electron chi connectivity index (χ1n) is 9.51. The second-order valence-corrected chi connectivity index (χ2v) is 8.34. The SMILES string of the molecule is O=C(NC(c1ccc(Cl)cc1)c1ccsc1)C1CCN(C(=O)c2ccoc2)CC1. The number of benzene rings is 1. The Hall–Kier alpha value is -2.57. The number of furan rings is 1. The first-order chi connectivity index (χ1) is 14.1. The maximum atomic E-state index is 13.0. The van der Waals surface area contributed by atoms with Crippen LogP contribution in [-0.2, 0) is 4.79 Å². The van der Waals surface area contributed by atoms with Crippen LogP contribution in [0.15, 0.2) is 64.1 Å². The molecule has 0 aliphatic carbocycles. The van der Waals surface area contributed by atoms with Crippen LogP contribution in [-0.4, -0.2) is 29.8 Å². The van der Waals surface area contributed by atoms with Crippen molar-refractivity contribution in [2.75, 3.05) is 13.1 Å². The summed E-state index contributed by atoms with van der Waals surface area (Å²) in [7, 11) is 0. The normalized spacial score (nSPS) is 15.8. The second kappa shape index (κ2) is 8.84. The predicted octanol–water partition coefficient (Wildman–Crippen LogP) is 4.75. The molecule has 2 aromatic heterocycles. The summed E-state index contributed by atoms with van der Waals surface area (Å²) in [5, 5.41) is 7.92. The summed E-state index contributed by atoms with van der Waals surface area (Å²) in [6, 6.07) is 11.0. The standard InChI is InChI=1S/C22H21ClN2O3S/c23-19-3-1-15(2-4-19)20(18-8-12-29-14-18)24-21(26)16-5-9-25(10-6-16)22(27)17-7-11-28-13-17/h1-4,7-8,11-14,16,20H,5-6,9-10H2,(H,24,26). The fraction of sp³-hybridized carbons (Fsp3) is 0.273. The average molecular weight is 429 g/mol. The minimum absolute atomic E-state index is 0.0200. The molecule has 0 saturated carbocycles. The van der Waals surface area contributed by atoms with Crippen molar-refractivity contribution >= 4 is 34.8 Å².